The van der Waals surface area contributed by atoms with Crippen LogP contribution in [0.1, 0.15) is 19.4 Å². The second kappa shape index (κ2) is 4.63. The Labute approximate surface area is 126 Å². The van der Waals surface area contributed by atoms with E-state index in [1.165, 1.54) is 10.6 Å². The van der Waals surface area contributed by atoms with Crippen LogP contribution in [0.15, 0.2) is 41.6 Å². The number of hydrogen-bond acceptors (Lipinski definition) is 4. The molecule has 2 N–H and O–H groups in total. The van der Waals surface area contributed by atoms with Gasteiger partial charge in [-0.2, -0.15) is 0 Å². The SMILES string of the molecule is CC1(C)C=C(n2cc(N)cc(Cl)c2=O)c2cnccc2O1. The summed E-state index contributed by atoms with van der Waals surface area (Å²) in [5.74, 6) is 0.665. The van der Waals surface area contributed by atoms with Gasteiger partial charge in [0.2, 0.25) is 0 Å². The number of pyridine rings is 2. The zero-order valence-corrected chi connectivity index (χ0v) is 12.4. The molecule has 0 bridgehead atoms. The first-order chi connectivity index (χ1) is 9.87. The quantitative estimate of drug-likeness (QED) is 0.879. The fourth-order valence-corrected chi connectivity index (χ4v) is 2.55. The van der Waals surface area contributed by atoms with Gasteiger partial charge >= 0.3 is 0 Å². The van der Waals surface area contributed by atoms with E-state index in [0.29, 0.717) is 17.1 Å². The average molecular weight is 304 g/mol. The third kappa shape index (κ3) is 2.40. The molecule has 0 radical (unpaired) electrons. The van der Waals surface area contributed by atoms with Crippen molar-refractivity contribution in [1.29, 1.82) is 0 Å². The van der Waals surface area contributed by atoms with Crippen LogP contribution in [0, 0.1) is 0 Å². The van der Waals surface area contributed by atoms with Crippen molar-refractivity contribution < 1.29 is 4.74 Å². The van der Waals surface area contributed by atoms with Crippen LogP contribution >= 0.6 is 11.6 Å². The van der Waals surface area contributed by atoms with Crippen molar-refractivity contribution in [2.45, 2.75) is 19.4 Å². The van der Waals surface area contributed by atoms with Gasteiger partial charge in [-0.3, -0.25) is 14.3 Å². The molecular formula is C15H14ClN3O2. The van der Waals surface area contributed by atoms with Crippen molar-refractivity contribution in [3.63, 3.8) is 0 Å². The molecule has 0 aliphatic carbocycles. The highest BCUT2D eigenvalue weighted by Gasteiger charge is 2.28. The molecule has 0 fully saturated rings. The van der Waals surface area contributed by atoms with Gasteiger partial charge < -0.3 is 10.5 Å². The van der Waals surface area contributed by atoms with Crippen molar-refractivity contribution in [2.75, 3.05) is 5.73 Å². The second-order valence-corrected chi connectivity index (χ2v) is 5.81. The zero-order chi connectivity index (χ0) is 15.2. The van der Waals surface area contributed by atoms with E-state index in [4.69, 9.17) is 22.1 Å². The fraction of sp³-hybridized carbons (Fsp3) is 0.200. The lowest BCUT2D eigenvalue weighted by Gasteiger charge is -2.31. The Balaban J connectivity index is 2.30. The molecular weight excluding hydrogens is 290 g/mol. The average Bonchev–Trinajstić information content (AvgIpc) is 2.41. The molecule has 5 nitrogen and oxygen atoms in total. The number of rotatable bonds is 1. The standard InChI is InChI=1S/C15H14ClN3O2/c1-15(2)6-12(10-7-18-4-3-13(10)21-15)19-8-9(17)5-11(16)14(19)20/h3-8H,17H2,1-2H3. The molecule has 0 aromatic carbocycles. The van der Waals surface area contributed by atoms with Gasteiger partial charge in [0.15, 0.2) is 0 Å². The van der Waals surface area contributed by atoms with Crippen LogP contribution in [0.5, 0.6) is 5.75 Å². The summed E-state index contributed by atoms with van der Waals surface area (Å²) in [6.45, 7) is 3.82. The van der Waals surface area contributed by atoms with Crippen LogP contribution in [0.25, 0.3) is 5.70 Å². The predicted molar refractivity (Wildman–Crippen MR) is 82.4 cm³/mol. The van der Waals surface area contributed by atoms with Crippen molar-refractivity contribution >= 4 is 23.0 Å². The largest absolute Gasteiger partial charge is 0.483 e. The number of nitrogen functional groups attached to an aromatic ring is 1. The van der Waals surface area contributed by atoms with Crippen LogP contribution in [0.3, 0.4) is 0 Å². The molecule has 2 aromatic rings. The van der Waals surface area contributed by atoms with E-state index in [-0.39, 0.29) is 10.6 Å². The van der Waals surface area contributed by atoms with Gasteiger partial charge in [-0.25, -0.2) is 0 Å². The monoisotopic (exact) mass is 303 g/mol. The van der Waals surface area contributed by atoms with E-state index in [0.717, 1.165) is 5.56 Å². The van der Waals surface area contributed by atoms with Gasteiger partial charge in [0.1, 0.15) is 16.4 Å². The fourth-order valence-electron chi connectivity index (χ4n) is 2.33. The van der Waals surface area contributed by atoms with Gasteiger partial charge in [-0.15, -0.1) is 0 Å². The Morgan fingerprint density at radius 2 is 2.19 bits per heavy atom. The maximum absolute atomic E-state index is 12.3. The van der Waals surface area contributed by atoms with Gasteiger partial charge in [-0.05, 0) is 32.1 Å². The number of nitrogens with zero attached hydrogens (tertiary/aromatic N) is 2. The number of nitrogens with two attached hydrogens (primary N) is 1. The number of fused-ring (bicyclic) bond motifs is 1. The smallest absolute Gasteiger partial charge is 0.273 e. The summed E-state index contributed by atoms with van der Waals surface area (Å²) in [6, 6.07) is 3.21. The molecule has 108 valence electrons. The van der Waals surface area contributed by atoms with E-state index >= 15 is 0 Å². The lowest BCUT2D eigenvalue weighted by atomic mass is 10.0. The van der Waals surface area contributed by atoms with Crippen LogP contribution < -0.4 is 16.0 Å². The topological polar surface area (TPSA) is 70.1 Å². The van der Waals surface area contributed by atoms with E-state index in [2.05, 4.69) is 4.98 Å². The molecule has 2 aromatic heterocycles. The molecule has 0 atom stereocenters. The summed E-state index contributed by atoms with van der Waals surface area (Å²) in [5, 5.41) is 0.0747. The lowest BCUT2D eigenvalue weighted by Crippen LogP contribution is -2.32. The molecule has 1 aliphatic heterocycles. The first kappa shape index (κ1) is 13.7. The molecule has 21 heavy (non-hydrogen) atoms. The highest BCUT2D eigenvalue weighted by Crippen LogP contribution is 2.35. The third-order valence-corrected chi connectivity index (χ3v) is 3.44. The van der Waals surface area contributed by atoms with Crippen LogP contribution in [0.4, 0.5) is 5.69 Å². The Morgan fingerprint density at radius 1 is 1.43 bits per heavy atom. The van der Waals surface area contributed by atoms with Crippen molar-refractivity contribution in [3.8, 4) is 5.75 Å². The zero-order valence-electron chi connectivity index (χ0n) is 11.6. The number of aromatic nitrogens is 2. The molecule has 3 heterocycles. The van der Waals surface area contributed by atoms with Crippen LogP contribution in [0.2, 0.25) is 5.02 Å². The summed E-state index contributed by atoms with van der Waals surface area (Å²) in [6.07, 6.45) is 6.71. The molecule has 0 amide bonds. The maximum Gasteiger partial charge on any atom is 0.273 e. The van der Waals surface area contributed by atoms with Crippen LogP contribution in [-0.2, 0) is 0 Å². The predicted octanol–water partition coefficient (Wildman–Crippen LogP) is 2.54. The Hall–Kier alpha value is -2.27. The Morgan fingerprint density at radius 3 is 2.95 bits per heavy atom. The minimum absolute atomic E-state index is 0.0747. The lowest BCUT2D eigenvalue weighted by molar-refractivity contribution is 0.157. The molecule has 3 rings (SSSR count). The Kier molecular flexibility index (Phi) is 3.02. The normalized spacial score (nSPS) is 15.9. The molecule has 0 spiro atoms. The van der Waals surface area contributed by atoms with Crippen molar-refractivity contribution in [1.82, 2.24) is 9.55 Å². The first-order valence-electron chi connectivity index (χ1n) is 6.42. The summed E-state index contributed by atoms with van der Waals surface area (Å²) in [4.78, 5) is 16.4. The Bertz CT molecular complexity index is 809. The summed E-state index contributed by atoms with van der Waals surface area (Å²) < 4.78 is 7.31. The molecule has 0 saturated heterocycles. The van der Waals surface area contributed by atoms with Gasteiger partial charge in [0.05, 0.1) is 16.9 Å². The van der Waals surface area contributed by atoms with E-state index in [1.807, 2.05) is 19.9 Å². The minimum atomic E-state index is -0.555. The van der Waals surface area contributed by atoms with E-state index < -0.39 is 5.60 Å². The van der Waals surface area contributed by atoms with E-state index in [1.54, 1.807) is 24.7 Å². The van der Waals surface area contributed by atoms with Gasteiger partial charge in [0, 0.05) is 18.6 Å². The molecule has 0 saturated carbocycles. The van der Waals surface area contributed by atoms with Crippen LogP contribution in [-0.4, -0.2) is 15.2 Å². The summed E-state index contributed by atoms with van der Waals surface area (Å²) in [5.41, 5.74) is 6.72. The van der Waals surface area contributed by atoms with Crippen molar-refractivity contribution in [2.24, 2.45) is 0 Å². The summed E-state index contributed by atoms with van der Waals surface area (Å²) >= 11 is 5.95. The number of hydrogen-bond donors (Lipinski definition) is 1. The molecule has 6 heteroatoms. The minimum Gasteiger partial charge on any atom is -0.483 e. The first-order valence-corrected chi connectivity index (χ1v) is 6.79. The maximum atomic E-state index is 12.3. The highest BCUT2D eigenvalue weighted by atomic mass is 35.5. The van der Waals surface area contributed by atoms with Gasteiger partial charge in [-0.1, -0.05) is 11.6 Å². The summed E-state index contributed by atoms with van der Waals surface area (Å²) in [7, 11) is 0. The molecule has 1 aliphatic rings. The number of anilines is 1. The second-order valence-electron chi connectivity index (χ2n) is 5.40. The van der Waals surface area contributed by atoms with Gasteiger partial charge in [0.25, 0.3) is 5.56 Å². The van der Waals surface area contributed by atoms with E-state index in [9.17, 15) is 4.79 Å². The number of halogens is 1. The van der Waals surface area contributed by atoms with Crippen molar-refractivity contribution in [3.05, 3.63) is 57.7 Å². The third-order valence-electron chi connectivity index (χ3n) is 3.17. The highest BCUT2D eigenvalue weighted by molar-refractivity contribution is 6.30. The number of ether oxygens (including phenoxy) is 1. The molecule has 0 unspecified atom stereocenters.